The quantitative estimate of drug-likeness (QED) is 0.698. The van der Waals surface area contributed by atoms with Gasteiger partial charge in [0.15, 0.2) is 11.6 Å². The van der Waals surface area contributed by atoms with Crippen LogP contribution in [0.2, 0.25) is 0 Å². The third kappa shape index (κ3) is 5.10. The summed E-state index contributed by atoms with van der Waals surface area (Å²) in [4.78, 5) is 34.1. The highest BCUT2D eigenvalue weighted by Crippen LogP contribution is 2.10. The van der Waals surface area contributed by atoms with Crippen molar-refractivity contribution in [3.8, 4) is 0 Å². The van der Waals surface area contributed by atoms with Gasteiger partial charge < -0.3 is 15.5 Å². The Labute approximate surface area is 147 Å². The van der Waals surface area contributed by atoms with Gasteiger partial charge in [-0.3, -0.25) is 4.79 Å². The fourth-order valence-corrected chi connectivity index (χ4v) is 2.30. The number of benzene rings is 2. The fourth-order valence-electron chi connectivity index (χ4n) is 2.30. The zero-order valence-electron chi connectivity index (χ0n) is 13.4. The Balaban J connectivity index is 2.02. The lowest BCUT2D eigenvalue weighted by Crippen LogP contribution is -2.43. The molecule has 0 radical (unpaired) electrons. The number of carbonyl (C=O) groups is 3. The van der Waals surface area contributed by atoms with Crippen LogP contribution >= 0.6 is 0 Å². The molecule has 2 aromatic carbocycles. The summed E-state index contributed by atoms with van der Waals surface area (Å²) >= 11 is 0. The van der Waals surface area contributed by atoms with Crippen molar-refractivity contribution in [3.63, 3.8) is 0 Å². The predicted molar refractivity (Wildman–Crippen MR) is 86.7 cm³/mol. The average molecular weight is 363 g/mol. The molecule has 2 aromatic rings. The molecule has 0 aliphatic heterocycles. The highest BCUT2D eigenvalue weighted by atomic mass is 19.2. The molecular formula is C18H15F2NO5. The summed E-state index contributed by atoms with van der Waals surface area (Å²) in [5.74, 6) is -5.17. The molecular weight excluding hydrogens is 348 g/mol. The van der Waals surface area contributed by atoms with E-state index in [1.807, 2.05) is 0 Å². The second-order valence-corrected chi connectivity index (χ2v) is 5.59. The molecule has 2 rings (SSSR count). The minimum Gasteiger partial charge on any atom is -0.480 e. The number of hydrogen-bond donors (Lipinski definition) is 3. The van der Waals surface area contributed by atoms with Crippen LogP contribution < -0.4 is 5.32 Å². The SMILES string of the molecule is O=C(Cc1ccc(F)c(F)c1)N[C@H](Cc1ccc(C(=O)O)cc1)C(=O)O. The first-order chi connectivity index (χ1) is 12.3. The minimum atomic E-state index is -1.27. The number of nitrogens with one attached hydrogen (secondary N) is 1. The molecule has 0 aromatic heterocycles. The maximum atomic E-state index is 13.2. The molecule has 0 aliphatic rings. The molecule has 0 saturated carbocycles. The molecule has 0 spiro atoms. The summed E-state index contributed by atoms with van der Waals surface area (Å²) in [5, 5.41) is 20.4. The number of rotatable bonds is 7. The Morgan fingerprint density at radius 1 is 0.923 bits per heavy atom. The molecule has 0 aliphatic carbocycles. The lowest BCUT2D eigenvalue weighted by Gasteiger charge is -2.15. The van der Waals surface area contributed by atoms with Gasteiger partial charge in [0, 0.05) is 6.42 Å². The maximum absolute atomic E-state index is 13.2. The van der Waals surface area contributed by atoms with Crippen LogP contribution in [0.15, 0.2) is 42.5 Å². The van der Waals surface area contributed by atoms with Gasteiger partial charge in [-0.25, -0.2) is 18.4 Å². The van der Waals surface area contributed by atoms with Gasteiger partial charge in [-0.1, -0.05) is 18.2 Å². The van der Waals surface area contributed by atoms with Gasteiger partial charge in [0.1, 0.15) is 6.04 Å². The first-order valence-electron chi connectivity index (χ1n) is 7.54. The number of halogens is 2. The predicted octanol–water partition coefficient (Wildman–Crippen LogP) is 2.02. The molecule has 136 valence electrons. The second-order valence-electron chi connectivity index (χ2n) is 5.59. The van der Waals surface area contributed by atoms with Crippen molar-refractivity contribution < 1.29 is 33.4 Å². The minimum absolute atomic E-state index is 0.0568. The third-order valence-corrected chi connectivity index (χ3v) is 3.62. The molecule has 1 atom stereocenters. The molecule has 6 nitrogen and oxygen atoms in total. The summed E-state index contributed by atoms with van der Waals surface area (Å²) in [7, 11) is 0. The zero-order valence-corrected chi connectivity index (χ0v) is 13.4. The number of amides is 1. The zero-order chi connectivity index (χ0) is 19.3. The highest BCUT2D eigenvalue weighted by Gasteiger charge is 2.21. The maximum Gasteiger partial charge on any atom is 0.335 e. The van der Waals surface area contributed by atoms with Gasteiger partial charge in [-0.15, -0.1) is 0 Å². The van der Waals surface area contributed by atoms with Crippen molar-refractivity contribution >= 4 is 17.8 Å². The molecule has 0 bridgehead atoms. The summed E-state index contributed by atoms with van der Waals surface area (Å²) in [6.07, 6.45) is -0.363. The van der Waals surface area contributed by atoms with E-state index in [4.69, 9.17) is 5.11 Å². The van der Waals surface area contributed by atoms with E-state index in [9.17, 15) is 28.3 Å². The van der Waals surface area contributed by atoms with Gasteiger partial charge in [-0.05, 0) is 35.4 Å². The molecule has 0 fully saturated rings. The lowest BCUT2D eigenvalue weighted by molar-refractivity contribution is -0.141. The smallest absolute Gasteiger partial charge is 0.335 e. The van der Waals surface area contributed by atoms with Crippen LogP contribution in [0, 0.1) is 11.6 Å². The van der Waals surface area contributed by atoms with Crippen molar-refractivity contribution in [2.45, 2.75) is 18.9 Å². The van der Waals surface area contributed by atoms with Gasteiger partial charge in [0.25, 0.3) is 0 Å². The van der Waals surface area contributed by atoms with Crippen LogP contribution in [0.5, 0.6) is 0 Å². The molecule has 0 unspecified atom stereocenters. The summed E-state index contributed by atoms with van der Waals surface area (Å²) < 4.78 is 26.0. The summed E-state index contributed by atoms with van der Waals surface area (Å²) in [5.41, 5.74) is 0.787. The number of carboxylic acids is 2. The van der Waals surface area contributed by atoms with Crippen LogP contribution in [0.1, 0.15) is 21.5 Å². The summed E-state index contributed by atoms with van der Waals surface area (Å²) in [6.45, 7) is 0. The average Bonchev–Trinajstić information content (AvgIpc) is 2.58. The molecule has 0 heterocycles. The van der Waals surface area contributed by atoms with E-state index >= 15 is 0 Å². The van der Waals surface area contributed by atoms with E-state index < -0.39 is 35.5 Å². The van der Waals surface area contributed by atoms with E-state index in [2.05, 4.69) is 5.32 Å². The third-order valence-electron chi connectivity index (χ3n) is 3.62. The second kappa shape index (κ2) is 8.19. The first kappa shape index (κ1) is 19.0. The Bertz CT molecular complexity index is 836. The van der Waals surface area contributed by atoms with Crippen molar-refractivity contribution in [1.82, 2.24) is 5.32 Å². The van der Waals surface area contributed by atoms with Gasteiger partial charge in [0.05, 0.1) is 12.0 Å². The number of hydrogen-bond acceptors (Lipinski definition) is 3. The molecule has 8 heteroatoms. The largest absolute Gasteiger partial charge is 0.480 e. The van der Waals surface area contributed by atoms with Crippen molar-refractivity contribution in [3.05, 3.63) is 70.8 Å². The number of aliphatic carboxylic acids is 1. The van der Waals surface area contributed by atoms with Crippen LogP contribution in [-0.4, -0.2) is 34.1 Å². The van der Waals surface area contributed by atoms with Crippen molar-refractivity contribution in [2.75, 3.05) is 0 Å². The van der Waals surface area contributed by atoms with Crippen LogP contribution in [0.3, 0.4) is 0 Å². The Kier molecular flexibility index (Phi) is 6.00. The topological polar surface area (TPSA) is 104 Å². The van der Waals surface area contributed by atoms with Crippen LogP contribution in [-0.2, 0) is 22.4 Å². The normalized spacial score (nSPS) is 11.6. The monoisotopic (exact) mass is 363 g/mol. The fraction of sp³-hybridized carbons (Fsp3) is 0.167. The number of carbonyl (C=O) groups excluding carboxylic acids is 1. The van der Waals surface area contributed by atoms with E-state index in [1.54, 1.807) is 0 Å². The summed E-state index contributed by atoms with van der Waals surface area (Å²) in [6, 6.07) is 7.33. The Morgan fingerprint density at radius 2 is 1.54 bits per heavy atom. The first-order valence-corrected chi connectivity index (χ1v) is 7.54. The van der Waals surface area contributed by atoms with Crippen molar-refractivity contribution in [2.24, 2.45) is 0 Å². The van der Waals surface area contributed by atoms with Gasteiger partial charge in [0.2, 0.25) is 5.91 Å². The van der Waals surface area contributed by atoms with E-state index in [1.165, 1.54) is 30.3 Å². The molecule has 1 amide bonds. The molecule has 3 N–H and O–H groups in total. The van der Waals surface area contributed by atoms with E-state index in [-0.39, 0.29) is 24.0 Å². The highest BCUT2D eigenvalue weighted by molar-refractivity contribution is 5.87. The Hall–Kier alpha value is -3.29. The number of carboxylic acid groups (broad SMARTS) is 2. The van der Waals surface area contributed by atoms with E-state index in [0.717, 1.165) is 12.1 Å². The number of aromatic carboxylic acids is 1. The van der Waals surface area contributed by atoms with Crippen LogP contribution in [0.25, 0.3) is 0 Å². The van der Waals surface area contributed by atoms with E-state index in [0.29, 0.717) is 5.56 Å². The molecule has 26 heavy (non-hydrogen) atoms. The standard InChI is InChI=1S/C18H15F2NO5/c19-13-6-3-11(7-14(13)20)9-16(22)21-15(18(25)26)8-10-1-4-12(5-2-10)17(23)24/h1-7,15H,8-9H2,(H,21,22)(H,23,24)(H,25,26)/t15-/m1/s1. The lowest BCUT2D eigenvalue weighted by atomic mass is 10.0. The van der Waals surface area contributed by atoms with Crippen molar-refractivity contribution in [1.29, 1.82) is 0 Å². The Morgan fingerprint density at radius 3 is 2.08 bits per heavy atom. The van der Waals surface area contributed by atoms with Gasteiger partial charge in [-0.2, -0.15) is 0 Å². The van der Waals surface area contributed by atoms with Gasteiger partial charge >= 0.3 is 11.9 Å². The molecule has 0 saturated heterocycles. The van der Waals surface area contributed by atoms with Crippen LogP contribution in [0.4, 0.5) is 8.78 Å².